The molecular formula is C16H13N5O. The summed E-state index contributed by atoms with van der Waals surface area (Å²) in [7, 11) is 0. The second-order valence-electron chi connectivity index (χ2n) is 5.14. The average Bonchev–Trinajstić information content (AvgIpc) is 2.91. The summed E-state index contributed by atoms with van der Waals surface area (Å²) >= 11 is 0. The average molecular weight is 291 g/mol. The first-order chi connectivity index (χ1) is 10.7. The van der Waals surface area contributed by atoms with Gasteiger partial charge in [0.05, 0.1) is 16.6 Å². The van der Waals surface area contributed by atoms with Gasteiger partial charge in [0.15, 0.2) is 0 Å². The molecule has 0 saturated heterocycles. The van der Waals surface area contributed by atoms with Gasteiger partial charge >= 0.3 is 0 Å². The first-order valence-corrected chi connectivity index (χ1v) is 6.89. The van der Waals surface area contributed by atoms with Crippen LogP contribution in [0.4, 0.5) is 5.95 Å². The molecule has 2 aromatic carbocycles. The Morgan fingerprint density at radius 3 is 2.55 bits per heavy atom. The zero-order valence-electron chi connectivity index (χ0n) is 11.9. The number of rotatable bonds is 1. The minimum Gasteiger partial charge on any atom is -0.368 e. The number of aryl methyl sites for hydroxylation is 1. The summed E-state index contributed by atoms with van der Waals surface area (Å²) in [5.41, 5.74) is 8.27. The van der Waals surface area contributed by atoms with Crippen molar-refractivity contribution < 1.29 is 0 Å². The van der Waals surface area contributed by atoms with E-state index < -0.39 is 0 Å². The number of benzene rings is 2. The van der Waals surface area contributed by atoms with Gasteiger partial charge in [0.2, 0.25) is 11.7 Å². The highest BCUT2D eigenvalue weighted by molar-refractivity contribution is 5.82. The molecule has 2 heterocycles. The van der Waals surface area contributed by atoms with E-state index in [1.807, 2.05) is 49.4 Å². The van der Waals surface area contributed by atoms with Crippen LogP contribution in [-0.2, 0) is 0 Å². The molecule has 6 heteroatoms. The number of para-hydroxylation sites is 2. The molecule has 4 rings (SSSR count). The molecule has 0 unspecified atom stereocenters. The fraction of sp³-hybridized carbons (Fsp3) is 0.0625. The van der Waals surface area contributed by atoms with Crippen molar-refractivity contribution in [1.29, 1.82) is 0 Å². The molecule has 0 aliphatic rings. The Balaban J connectivity index is 2.30. The van der Waals surface area contributed by atoms with Crippen LogP contribution in [0.3, 0.4) is 0 Å². The van der Waals surface area contributed by atoms with Crippen molar-refractivity contribution in [3.63, 3.8) is 0 Å². The normalized spacial score (nSPS) is 11.3. The topological polar surface area (TPSA) is 78.2 Å². The SMILES string of the molecule is Cc1ccccc1-n1c(=O)c2ccccc2n2c(N)nnc12. The Labute approximate surface area is 125 Å². The van der Waals surface area contributed by atoms with E-state index in [0.29, 0.717) is 16.7 Å². The van der Waals surface area contributed by atoms with Crippen LogP contribution in [0.2, 0.25) is 0 Å². The maximum atomic E-state index is 12.9. The van der Waals surface area contributed by atoms with Gasteiger partial charge in [0, 0.05) is 0 Å². The van der Waals surface area contributed by atoms with Gasteiger partial charge < -0.3 is 5.73 Å². The van der Waals surface area contributed by atoms with E-state index in [9.17, 15) is 4.79 Å². The van der Waals surface area contributed by atoms with E-state index >= 15 is 0 Å². The molecule has 2 aromatic heterocycles. The van der Waals surface area contributed by atoms with Gasteiger partial charge in [-0.15, -0.1) is 10.2 Å². The maximum Gasteiger partial charge on any atom is 0.267 e. The van der Waals surface area contributed by atoms with Gasteiger partial charge in [-0.1, -0.05) is 30.3 Å². The highest BCUT2D eigenvalue weighted by atomic mass is 16.1. The standard InChI is InChI=1S/C16H13N5O/c1-10-6-2-4-8-12(10)20-14(22)11-7-3-5-9-13(11)21-15(17)18-19-16(20)21/h2-9H,1H3,(H2,17,18). The van der Waals surface area contributed by atoms with Crippen LogP contribution < -0.4 is 11.3 Å². The van der Waals surface area contributed by atoms with Crippen LogP contribution in [0.1, 0.15) is 5.56 Å². The second-order valence-corrected chi connectivity index (χ2v) is 5.14. The van der Waals surface area contributed by atoms with Crippen molar-refractivity contribution in [2.45, 2.75) is 6.92 Å². The van der Waals surface area contributed by atoms with Crippen LogP contribution in [0, 0.1) is 6.92 Å². The summed E-state index contributed by atoms with van der Waals surface area (Å²) in [5.74, 6) is 0.670. The Bertz CT molecular complexity index is 1080. The highest BCUT2D eigenvalue weighted by Gasteiger charge is 2.16. The molecule has 0 atom stereocenters. The lowest BCUT2D eigenvalue weighted by Gasteiger charge is -2.12. The summed E-state index contributed by atoms with van der Waals surface area (Å²) in [6.07, 6.45) is 0. The molecule has 2 N–H and O–H groups in total. The van der Waals surface area contributed by atoms with Crippen LogP contribution in [0.5, 0.6) is 0 Å². The molecule has 0 fully saturated rings. The van der Waals surface area contributed by atoms with Gasteiger partial charge in [-0.25, -0.2) is 8.97 Å². The fourth-order valence-electron chi connectivity index (χ4n) is 2.76. The largest absolute Gasteiger partial charge is 0.368 e. The van der Waals surface area contributed by atoms with Crippen LogP contribution in [-0.4, -0.2) is 19.2 Å². The first kappa shape index (κ1) is 12.6. The van der Waals surface area contributed by atoms with Gasteiger partial charge in [0.25, 0.3) is 5.56 Å². The first-order valence-electron chi connectivity index (χ1n) is 6.89. The number of hydrogen-bond acceptors (Lipinski definition) is 4. The van der Waals surface area contributed by atoms with Crippen molar-refractivity contribution >= 4 is 22.6 Å². The minimum atomic E-state index is -0.134. The predicted molar refractivity (Wildman–Crippen MR) is 85.2 cm³/mol. The molecule has 108 valence electrons. The van der Waals surface area contributed by atoms with E-state index in [4.69, 9.17) is 5.73 Å². The molecular weight excluding hydrogens is 278 g/mol. The Morgan fingerprint density at radius 2 is 1.73 bits per heavy atom. The van der Waals surface area contributed by atoms with Crippen LogP contribution in [0.15, 0.2) is 53.3 Å². The van der Waals surface area contributed by atoms with E-state index in [0.717, 1.165) is 11.3 Å². The molecule has 0 spiro atoms. The lowest BCUT2D eigenvalue weighted by molar-refractivity contribution is 0.958. The zero-order valence-corrected chi connectivity index (χ0v) is 11.9. The summed E-state index contributed by atoms with van der Waals surface area (Å²) < 4.78 is 3.25. The van der Waals surface area contributed by atoms with E-state index in [1.54, 1.807) is 15.0 Å². The molecule has 0 radical (unpaired) electrons. The molecule has 22 heavy (non-hydrogen) atoms. The zero-order chi connectivity index (χ0) is 15.3. The number of nitrogen functional groups attached to an aromatic ring is 1. The number of nitrogens with two attached hydrogens (primary N) is 1. The maximum absolute atomic E-state index is 12.9. The summed E-state index contributed by atoms with van der Waals surface area (Å²) in [5, 5.41) is 8.61. The molecule has 4 aromatic rings. The van der Waals surface area contributed by atoms with E-state index in [1.165, 1.54) is 0 Å². The van der Waals surface area contributed by atoms with E-state index in [2.05, 4.69) is 10.2 Å². The van der Waals surface area contributed by atoms with Crippen molar-refractivity contribution in [3.05, 3.63) is 64.4 Å². The molecule has 0 aliphatic carbocycles. The number of anilines is 1. The summed E-state index contributed by atoms with van der Waals surface area (Å²) in [6, 6.07) is 15.0. The summed E-state index contributed by atoms with van der Waals surface area (Å²) in [6.45, 7) is 1.95. The number of aromatic nitrogens is 4. The summed E-state index contributed by atoms with van der Waals surface area (Å²) in [4.78, 5) is 12.9. The fourth-order valence-corrected chi connectivity index (χ4v) is 2.76. The van der Waals surface area contributed by atoms with Crippen molar-refractivity contribution in [2.24, 2.45) is 0 Å². The second kappa shape index (κ2) is 4.42. The molecule has 0 amide bonds. The lowest BCUT2D eigenvalue weighted by Crippen LogP contribution is -2.22. The van der Waals surface area contributed by atoms with Gasteiger partial charge in [0.1, 0.15) is 0 Å². The molecule has 0 aliphatic heterocycles. The molecule has 6 nitrogen and oxygen atoms in total. The lowest BCUT2D eigenvalue weighted by atomic mass is 10.2. The van der Waals surface area contributed by atoms with Crippen molar-refractivity contribution in [1.82, 2.24) is 19.2 Å². The van der Waals surface area contributed by atoms with Gasteiger partial charge in [-0.3, -0.25) is 4.79 Å². The number of hydrogen-bond donors (Lipinski definition) is 1. The third-order valence-corrected chi connectivity index (χ3v) is 3.81. The third-order valence-electron chi connectivity index (χ3n) is 3.81. The number of fused-ring (bicyclic) bond motifs is 3. The van der Waals surface area contributed by atoms with Crippen molar-refractivity contribution in [3.8, 4) is 5.69 Å². The predicted octanol–water partition coefficient (Wildman–Crippen LogP) is 1.92. The molecule has 0 saturated carbocycles. The van der Waals surface area contributed by atoms with Crippen molar-refractivity contribution in [2.75, 3.05) is 5.73 Å². The van der Waals surface area contributed by atoms with Gasteiger partial charge in [-0.05, 0) is 30.7 Å². The Hall–Kier alpha value is -3.15. The third kappa shape index (κ3) is 1.57. The monoisotopic (exact) mass is 291 g/mol. The Kier molecular flexibility index (Phi) is 2.53. The highest BCUT2D eigenvalue weighted by Crippen LogP contribution is 2.20. The minimum absolute atomic E-state index is 0.134. The smallest absolute Gasteiger partial charge is 0.267 e. The van der Waals surface area contributed by atoms with Gasteiger partial charge in [-0.2, -0.15) is 0 Å². The van der Waals surface area contributed by atoms with Crippen LogP contribution >= 0.6 is 0 Å². The molecule has 0 bridgehead atoms. The van der Waals surface area contributed by atoms with E-state index in [-0.39, 0.29) is 11.5 Å². The Morgan fingerprint density at radius 1 is 1.00 bits per heavy atom. The van der Waals surface area contributed by atoms with Crippen LogP contribution in [0.25, 0.3) is 22.4 Å². The number of nitrogens with zero attached hydrogens (tertiary/aromatic N) is 4. The quantitative estimate of drug-likeness (QED) is 0.581.